The monoisotopic (exact) mass is 296 g/mol. The Bertz CT molecular complexity index is 368. The van der Waals surface area contributed by atoms with E-state index in [1.165, 1.54) is 0 Å². The van der Waals surface area contributed by atoms with Crippen LogP contribution in [0.15, 0.2) is 12.2 Å². The van der Waals surface area contributed by atoms with E-state index < -0.39 is 8.07 Å². The van der Waals surface area contributed by atoms with Gasteiger partial charge in [0, 0.05) is 18.4 Å². The van der Waals surface area contributed by atoms with Crippen LogP contribution in [0, 0.1) is 5.92 Å². The van der Waals surface area contributed by atoms with Crippen molar-refractivity contribution in [3.8, 4) is 0 Å². The topological polar surface area (TPSA) is 43.4 Å². The van der Waals surface area contributed by atoms with Crippen molar-refractivity contribution >= 4 is 19.8 Å². The molecule has 0 amide bonds. The number of carbonyl (C=O) groups excluding carboxylic acids is 2. The molecule has 0 aromatic heterocycles. The van der Waals surface area contributed by atoms with Crippen LogP contribution in [0.5, 0.6) is 0 Å². The summed E-state index contributed by atoms with van der Waals surface area (Å²) in [5.74, 6) is 0.231. The first-order chi connectivity index (χ1) is 9.36. The number of hydrogen-bond acceptors (Lipinski definition) is 3. The van der Waals surface area contributed by atoms with Crippen molar-refractivity contribution in [2.45, 2.75) is 64.2 Å². The molecule has 1 rings (SSSR count). The Morgan fingerprint density at radius 2 is 2.15 bits per heavy atom. The predicted octanol–water partition coefficient (Wildman–Crippen LogP) is 3.96. The summed E-state index contributed by atoms with van der Waals surface area (Å²) in [5, 5.41) is 0. The molecule has 0 heterocycles. The van der Waals surface area contributed by atoms with Crippen molar-refractivity contribution in [1.29, 1.82) is 0 Å². The first kappa shape index (κ1) is 17.1. The molecule has 114 valence electrons. The van der Waals surface area contributed by atoms with Crippen molar-refractivity contribution in [1.82, 2.24) is 0 Å². The summed E-state index contributed by atoms with van der Waals surface area (Å²) >= 11 is 0. The second kappa shape index (κ2) is 7.77. The maximum Gasteiger partial charge on any atom is 0.330 e. The normalized spacial score (nSPS) is 21.4. The zero-order chi connectivity index (χ0) is 15.2. The van der Waals surface area contributed by atoms with Gasteiger partial charge < -0.3 is 4.74 Å². The van der Waals surface area contributed by atoms with Crippen molar-refractivity contribution in [3.05, 3.63) is 12.2 Å². The van der Waals surface area contributed by atoms with E-state index in [2.05, 4.69) is 26.6 Å². The van der Waals surface area contributed by atoms with Crippen LogP contribution in [0.2, 0.25) is 25.2 Å². The van der Waals surface area contributed by atoms with E-state index in [9.17, 15) is 9.59 Å². The Hall–Kier alpha value is -0.903. The molecule has 20 heavy (non-hydrogen) atoms. The summed E-state index contributed by atoms with van der Waals surface area (Å²) < 4.78 is 5.14. The molecule has 0 saturated heterocycles. The van der Waals surface area contributed by atoms with Crippen LogP contribution in [0.25, 0.3) is 0 Å². The van der Waals surface area contributed by atoms with Gasteiger partial charge in [-0.15, -0.1) is 0 Å². The molecular weight excluding hydrogens is 268 g/mol. The van der Waals surface area contributed by atoms with E-state index in [-0.39, 0.29) is 17.4 Å². The minimum absolute atomic E-state index is 0.126. The highest BCUT2D eigenvalue weighted by molar-refractivity contribution is 6.78. The quantitative estimate of drug-likeness (QED) is 0.309. The molecule has 1 fully saturated rings. The summed E-state index contributed by atoms with van der Waals surface area (Å²) in [7, 11) is -1.51. The summed E-state index contributed by atoms with van der Waals surface area (Å²) in [6, 6.07) is 0. The summed E-state index contributed by atoms with van der Waals surface area (Å²) in [5.41, 5.74) is 0.247. The van der Waals surface area contributed by atoms with Crippen molar-refractivity contribution < 1.29 is 14.3 Å². The highest BCUT2D eigenvalue weighted by Crippen LogP contribution is 2.39. The predicted molar refractivity (Wildman–Crippen MR) is 84.5 cm³/mol. The van der Waals surface area contributed by atoms with Crippen LogP contribution < -0.4 is 0 Å². The molecule has 2 unspecified atom stereocenters. The second-order valence-corrected chi connectivity index (χ2v) is 12.1. The Labute approximate surface area is 123 Å². The first-order valence-electron chi connectivity index (χ1n) is 7.74. The lowest BCUT2D eigenvalue weighted by Crippen LogP contribution is -2.34. The van der Waals surface area contributed by atoms with Crippen LogP contribution in [0.3, 0.4) is 0 Å². The lowest BCUT2D eigenvalue weighted by Gasteiger charge is -2.30. The molecule has 0 aromatic rings. The van der Waals surface area contributed by atoms with Gasteiger partial charge in [-0.05, 0) is 24.8 Å². The average Bonchev–Trinajstić information content (AvgIpc) is 2.74. The maximum atomic E-state index is 12.0. The molecule has 0 spiro atoms. The van der Waals surface area contributed by atoms with E-state index in [1.807, 2.05) is 6.08 Å². The Kier molecular flexibility index (Phi) is 6.66. The number of Topliss-reactive ketones (excluding diaryl/α,β-unsaturated/α-hetero) is 1. The van der Waals surface area contributed by atoms with Crippen molar-refractivity contribution in [3.63, 3.8) is 0 Å². The summed E-state index contributed by atoms with van der Waals surface area (Å²) in [6.45, 7) is 9.33. The number of allylic oxidation sites excluding steroid dienone is 1. The van der Waals surface area contributed by atoms with E-state index in [4.69, 9.17) is 4.74 Å². The molecule has 1 aliphatic rings. The van der Waals surface area contributed by atoms with Crippen molar-refractivity contribution in [2.75, 3.05) is 6.61 Å². The van der Waals surface area contributed by atoms with Gasteiger partial charge in [0.2, 0.25) is 0 Å². The third-order valence-corrected chi connectivity index (χ3v) is 6.56. The SMILES string of the molecule is CCCCOC(=O)C=CC(C1CCCC1=O)[Si](C)(C)C. The van der Waals surface area contributed by atoms with Crippen LogP contribution in [0.4, 0.5) is 0 Å². The van der Waals surface area contributed by atoms with Crippen molar-refractivity contribution in [2.24, 2.45) is 5.92 Å². The van der Waals surface area contributed by atoms with Crippen LogP contribution in [-0.4, -0.2) is 26.4 Å². The highest BCUT2D eigenvalue weighted by Gasteiger charge is 2.38. The minimum atomic E-state index is -1.51. The molecule has 0 radical (unpaired) electrons. The number of carbonyl (C=O) groups is 2. The second-order valence-electron chi connectivity index (χ2n) is 6.74. The van der Waals surface area contributed by atoms with Crippen LogP contribution in [-0.2, 0) is 14.3 Å². The van der Waals surface area contributed by atoms with Gasteiger partial charge in [0.15, 0.2) is 0 Å². The summed E-state index contributed by atoms with van der Waals surface area (Å²) in [4.78, 5) is 23.7. The third kappa shape index (κ3) is 5.23. The van der Waals surface area contributed by atoms with E-state index >= 15 is 0 Å². The number of ketones is 1. The van der Waals surface area contributed by atoms with Gasteiger partial charge in [0.1, 0.15) is 5.78 Å². The highest BCUT2D eigenvalue weighted by atomic mass is 28.3. The Morgan fingerprint density at radius 3 is 2.65 bits per heavy atom. The maximum absolute atomic E-state index is 12.0. The zero-order valence-electron chi connectivity index (χ0n) is 13.3. The van der Waals surface area contributed by atoms with E-state index in [1.54, 1.807) is 6.08 Å². The van der Waals surface area contributed by atoms with Gasteiger partial charge in [-0.1, -0.05) is 39.1 Å². The molecule has 2 atom stereocenters. The molecule has 4 heteroatoms. The fourth-order valence-corrected chi connectivity index (χ4v) is 5.03. The Morgan fingerprint density at radius 1 is 1.45 bits per heavy atom. The molecule has 1 saturated carbocycles. The molecule has 0 aliphatic heterocycles. The lowest BCUT2D eigenvalue weighted by atomic mass is 10.0. The number of rotatable bonds is 7. The minimum Gasteiger partial charge on any atom is -0.463 e. The first-order valence-corrected chi connectivity index (χ1v) is 11.3. The molecule has 0 aromatic carbocycles. The van der Waals surface area contributed by atoms with Gasteiger partial charge >= 0.3 is 5.97 Å². The Balaban J connectivity index is 2.66. The lowest BCUT2D eigenvalue weighted by molar-refractivity contribution is -0.137. The van der Waals surface area contributed by atoms with Gasteiger partial charge in [0.25, 0.3) is 0 Å². The molecule has 0 N–H and O–H groups in total. The van der Waals surface area contributed by atoms with Gasteiger partial charge in [0.05, 0.1) is 14.7 Å². The number of ether oxygens (including phenoxy) is 1. The number of esters is 1. The molecule has 1 aliphatic carbocycles. The fourth-order valence-electron chi connectivity index (χ4n) is 2.80. The molecule has 3 nitrogen and oxygen atoms in total. The molecule has 0 bridgehead atoms. The van der Waals surface area contributed by atoms with E-state index in [0.29, 0.717) is 18.8 Å². The van der Waals surface area contributed by atoms with Gasteiger partial charge in [-0.2, -0.15) is 0 Å². The average molecular weight is 296 g/mol. The number of hydrogen-bond donors (Lipinski definition) is 0. The largest absolute Gasteiger partial charge is 0.463 e. The smallest absolute Gasteiger partial charge is 0.330 e. The van der Waals surface area contributed by atoms with Gasteiger partial charge in [-0.25, -0.2) is 4.79 Å². The number of unbranched alkanes of at least 4 members (excludes halogenated alkanes) is 1. The van der Waals surface area contributed by atoms with Crippen LogP contribution in [0.1, 0.15) is 39.0 Å². The fraction of sp³-hybridized carbons (Fsp3) is 0.750. The zero-order valence-corrected chi connectivity index (χ0v) is 14.3. The molecular formula is C16H28O3Si. The third-order valence-electron chi connectivity index (χ3n) is 3.97. The van der Waals surface area contributed by atoms with E-state index in [0.717, 1.165) is 25.7 Å². The summed E-state index contributed by atoms with van der Waals surface area (Å²) in [6.07, 6.45) is 8.10. The van der Waals surface area contributed by atoms with Crippen LogP contribution >= 0.6 is 0 Å². The standard InChI is InChI=1S/C16H28O3Si/c1-5-6-12-19-16(18)11-10-15(20(2,3)4)13-8-7-9-14(13)17/h10-11,13,15H,5-9,12H2,1-4H3. The van der Waals surface area contributed by atoms with Gasteiger partial charge in [-0.3, -0.25) is 4.79 Å².